The Kier molecular flexibility index (Phi) is 4.78. The summed E-state index contributed by atoms with van der Waals surface area (Å²) in [5.41, 5.74) is 1.62. The van der Waals surface area contributed by atoms with E-state index < -0.39 is 5.97 Å². The zero-order chi connectivity index (χ0) is 17.8. The highest BCUT2D eigenvalue weighted by Gasteiger charge is 2.21. The van der Waals surface area contributed by atoms with E-state index in [2.05, 4.69) is 20.4 Å². The van der Waals surface area contributed by atoms with E-state index in [4.69, 9.17) is 14.0 Å². The van der Waals surface area contributed by atoms with Crippen molar-refractivity contribution in [3.05, 3.63) is 35.8 Å². The van der Waals surface area contributed by atoms with Gasteiger partial charge in [0, 0.05) is 0 Å². The van der Waals surface area contributed by atoms with Gasteiger partial charge in [-0.05, 0) is 25.5 Å². The number of fused-ring (bicyclic) bond motifs is 1. The van der Waals surface area contributed by atoms with Crippen LogP contribution >= 0.6 is 0 Å². The number of rotatable bonds is 6. The van der Waals surface area contributed by atoms with E-state index in [0.717, 1.165) is 0 Å². The number of carbonyl (C=O) groups is 1. The summed E-state index contributed by atoms with van der Waals surface area (Å²) in [6, 6.07) is 7.39. The number of aromatic nitrogens is 3. The van der Waals surface area contributed by atoms with E-state index in [0.29, 0.717) is 34.8 Å². The van der Waals surface area contributed by atoms with Crippen molar-refractivity contribution in [2.24, 2.45) is 0 Å². The average molecular weight is 342 g/mol. The number of carbonyl (C=O) groups excluding carboxylic acids is 1. The molecule has 0 aliphatic carbocycles. The van der Waals surface area contributed by atoms with Crippen LogP contribution in [-0.4, -0.2) is 34.8 Å². The SMILES string of the molecule is CCOC(=O)c1nc(Nc2ccccc2OC)c2c(CC)noc2n1. The molecule has 2 aromatic heterocycles. The topological polar surface area (TPSA) is 99.4 Å². The number of methoxy groups -OCH3 is 1. The maximum Gasteiger partial charge on any atom is 0.376 e. The Bertz CT molecular complexity index is 907. The molecule has 0 aliphatic rings. The summed E-state index contributed by atoms with van der Waals surface area (Å²) in [5.74, 6) is 0.338. The number of ether oxygens (including phenoxy) is 2. The van der Waals surface area contributed by atoms with E-state index >= 15 is 0 Å². The fraction of sp³-hybridized carbons (Fsp3) is 0.294. The Morgan fingerprint density at radius 2 is 2.04 bits per heavy atom. The Morgan fingerprint density at radius 3 is 2.76 bits per heavy atom. The highest BCUT2D eigenvalue weighted by atomic mass is 16.5. The number of hydrogen-bond acceptors (Lipinski definition) is 8. The van der Waals surface area contributed by atoms with Crippen molar-refractivity contribution < 1.29 is 18.8 Å². The van der Waals surface area contributed by atoms with Gasteiger partial charge in [-0.2, -0.15) is 4.98 Å². The van der Waals surface area contributed by atoms with Gasteiger partial charge < -0.3 is 19.3 Å². The monoisotopic (exact) mass is 342 g/mol. The zero-order valence-corrected chi connectivity index (χ0v) is 14.2. The lowest BCUT2D eigenvalue weighted by Gasteiger charge is -2.11. The van der Waals surface area contributed by atoms with Gasteiger partial charge in [-0.15, -0.1) is 0 Å². The van der Waals surface area contributed by atoms with Gasteiger partial charge in [0.05, 0.1) is 25.1 Å². The Hall–Kier alpha value is -3.16. The summed E-state index contributed by atoms with van der Waals surface area (Å²) in [4.78, 5) is 20.5. The molecule has 8 nitrogen and oxygen atoms in total. The maximum absolute atomic E-state index is 12.0. The smallest absolute Gasteiger partial charge is 0.376 e. The predicted octanol–water partition coefficient (Wildman–Crippen LogP) is 3.11. The average Bonchev–Trinajstić information content (AvgIpc) is 3.05. The van der Waals surface area contributed by atoms with E-state index in [1.54, 1.807) is 14.0 Å². The van der Waals surface area contributed by atoms with Crippen LogP contribution in [0.5, 0.6) is 5.75 Å². The fourth-order valence-corrected chi connectivity index (χ4v) is 2.40. The molecular formula is C17H18N4O4. The molecule has 3 aromatic rings. The van der Waals surface area contributed by atoms with Gasteiger partial charge >= 0.3 is 5.97 Å². The van der Waals surface area contributed by atoms with Crippen LogP contribution in [0.15, 0.2) is 28.8 Å². The molecule has 1 aromatic carbocycles. The second-order valence-corrected chi connectivity index (χ2v) is 5.10. The van der Waals surface area contributed by atoms with Gasteiger partial charge in [-0.3, -0.25) is 0 Å². The van der Waals surface area contributed by atoms with Crippen molar-refractivity contribution in [3.8, 4) is 5.75 Å². The molecule has 130 valence electrons. The van der Waals surface area contributed by atoms with Crippen molar-refractivity contribution in [2.75, 3.05) is 19.0 Å². The number of aryl methyl sites for hydroxylation is 1. The molecule has 0 unspecified atom stereocenters. The van der Waals surface area contributed by atoms with Gasteiger partial charge in [0.25, 0.3) is 5.71 Å². The number of hydrogen-bond donors (Lipinski definition) is 1. The minimum atomic E-state index is -0.623. The van der Waals surface area contributed by atoms with Crippen LogP contribution in [0.1, 0.15) is 30.2 Å². The normalized spacial score (nSPS) is 10.7. The van der Waals surface area contributed by atoms with E-state index in [9.17, 15) is 4.79 Å². The molecule has 0 radical (unpaired) electrons. The molecule has 8 heteroatoms. The first kappa shape index (κ1) is 16.7. The molecule has 0 amide bonds. The largest absolute Gasteiger partial charge is 0.495 e. The molecule has 0 bridgehead atoms. The molecule has 25 heavy (non-hydrogen) atoms. The fourth-order valence-electron chi connectivity index (χ4n) is 2.40. The van der Waals surface area contributed by atoms with Crippen LogP contribution in [0.3, 0.4) is 0 Å². The second-order valence-electron chi connectivity index (χ2n) is 5.10. The summed E-state index contributed by atoms with van der Waals surface area (Å²) >= 11 is 0. The van der Waals surface area contributed by atoms with Crippen LogP contribution in [-0.2, 0) is 11.2 Å². The van der Waals surface area contributed by atoms with Crippen molar-refractivity contribution >= 4 is 28.6 Å². The summed E-state index contributed by atoms with van der Waals surface area (Å²) in [5, 5.41) is 7.81. The molecule has 1 N–H and O–H groups in total. The first-order valence-corrected chi connectivity index (χ1v) is 7.91. The second kappa shape index (κ2) is 7.16. The van der Waals surface area contributed by atoms with Crippen molar-refractivity contribution in [3.63, 3.8) is 0 Å². The summed E-state index contributed by atoms with van der Waals surface area (Å²) < 4.78 is 15.6. The lowest BCUT2D eigenvalue weighted by atomic mass is 10.2. The van der Waals surface area contributed by atoms with E-state index in [-0.39, 0.29) is 18.1 Å². The lowest BCUT2D eigenvalue weighted by molar-refractivity contribution is 0.0512. The van der Waals surface area contributed by atoms with Crippen molar-refractivity contribution in [1.29, 1.82) is 0 Å². The van der Waals surface area contributed by atoms with Crippen molar-refractivity contribution in [1.82, 2.24) is 15.1 Å². The number of para-hydroxylation sites is 2. The first-order chi connectivity index (χ1) is 12.2. The number of nitrogens with one attached hydrogen (secondary N) is 1. The lowest BCUT2D eigenvalue weighted by Crippen LogP contribution is -2.11. The van der Waals surface area contributed by atoms with E-state index in [1.807, 2.05) is 31.2 Å². The Labute approximate surface area is 144 Å². The molecule has 0 fully saturated rings. The molecular weight excluding hydrogens is 324 g/mol. The maximum atomic E-state index is 12.0. The van der Waals surface area contributed by atoms with Crippen LogP contribution in [0.2, 0.25) is 0 Å². The van der Waals surface area contributed by atoms with Gasteiger partial charge in [0.1, 0.15) is 17.0 Å². The highest BCUT2D eigenvalue weighted by molar-refractivity contribution is 5.94. The summed E-state index contributed by atoms with van der Waals surface area (Å²) in [6.07, 6.45) is 0.635. The molecule has 0 aliphatic heterocycles. The van der Waals surface area contributed by atoms with Crippen LogP contribution < -0.4 is 10.1 Å². The number of esters is 1. The molecule has 0 saturated carbocycles. The molecule has 0 atom stereocenters. The van der Waals surface area contributed by atoms with Crippen LogP contribution in [0, 0.1) is 0 Å². The predicted molar refractivity (Wildman–Crippen MR) is 91.2 cm³/mol. The highest BCUT2D eigenvalue weighted by Crippen LogP contribution is 2.31. The van der Waals surface area contributed by atoms with Gasteiger partial charge in [-0.1, -0.05) is 24.2 Å². The third-order valence-electron chi connectivity index (χ3n) is 3.56. The Morgan fingerprint density at radius 1 is 1.24 bits per heavy atom. The van der Waals surface area contributed by atoms with Crippen molar-refractivity contribution in [2.45, 2.75) is 20.3 Å². The van der Waals surface area contributed by atoms with E-state index in [1.165, 1.54) is 0 Å². The van der Waals surface area contributed by atoms with Gasteiger partial charge in [0.15, 0.2) is 0 Å². The number of anilines is 2. The first-order valence-electron chi connectivity index (χ1n) is 7.91. The van der Waals surface area contributed by atoms with Gasteiger partial charge in [-0.25, -0.2) is 9.78 Å². The van der Waals surface area contributed by atoms with Crippen LogP contribution in [0.4, 0.5) is 11.5 Å². The molecule has 0 saturated heterocycles. The minimum absolute atomic E-state index is 0.0921. The number of nitrogens with zero attached hydrogens (tertiary/aromatic N) is 3. The standard InChI is InChI=1S/C17H18N4O4/c1-4-10-13-14(18-11-8-6-7-9-12(11)23-3)19-15(17(22)24-5-2)20-16(13)25-21-10/h6-9H,4-5H2,1-3H3,(H,18,19,20). The third kappa shape index (κ3) is 3.23. The molecule has 2 heterocycles. The molecule has 3 rings (SSSR count). The van der Waals surface area contributed by atoms with Gasteiger partial charge in [0.2, 0.25) is 5.82 Å². The Balaban J connectivity index is 2.13. The van der Waals surface area contributed by atoms with Crippen LogP contribution in [0.25, 0.3) is 11.1 Å². The zero-order valence-electron chi connectivity index (χ0n) is 14.2. The summed E-state index contributed by atoms with van der Waals surface area (Å²) in [6.45, 7) is 3.89. The third-order valence-corrected chi connectivity index (χ3v) is 3.56. The molecule has 0 spiro atoms. The minimum Gasteiger partial charge on any atom is -0.495 e. The number of benzene rings is 1. The quantitative estimate of drug-likeness (QED) is 0.682. The summed E-state index contributed by atoms with van der Waals surface area (Å²) in [7, 11) is 1.58.